The molecule has 4 amide bonds. The quantitative estimate of drug-likeness (QED) is 0.642. The summed E-state index contributed by atoms with van der Waals surface area (Å²) in [5, 5.41) is 8.99. The van der Waals surface area contributed by atoms with Gasteiger partial charge in [0.1, 0.15) is 17.8 Å². The Hall–Kier alpha value is -3.08. The van der Waals surface area contributed by atoms with Crippen LogP contribution in [0.5, 0.6) is 5.75 Å². The molecule has 1 spiro atoms. The number of carbonyl (C=O) groups excluding carboxylic acids is 3. The predicted molar refractivity (Wildman–Crippen MR) is 111 cm³/mol. The van der Waals surface area contributed by atoms with Crippen LogP contribution in [0.4, 0.5) is 10.5 Å². The fourth-order valence-corrected chi connectivity index (χ4v) is 4.34. The second-order valence-electron chi connectivity index (χ2n) is 7.71. The van der Waals surface area contributed by atoms with E-state index < -0.39 is 17.5 Å². The zero-order valence-electron chi connectivity index (χ0n) is 17.6. The SMILES string of the molecule is CCOc1ccc(N(CCC#N)C(=O)CN2C(=O)N(C)C3(CCCCC3)C2=O)cc1. The van der Waals surface area contributed by atoms with E-state index in [0.29, 0.717) is 30.9 Å². The van der Waals surface area contributed by atoms with Gasteiger partial charge in [-0.25, -0.2) is 4.79 Å². The van der Waals surface area contributed by atoms with Gasteiger partial charge >= 0.3 is 6.03 Å². The number of nitrogens with zero attached hydrogens (tertiary/aromatic N) is 4. The minimum Gasteiger partial charge on any atom is -0.494 e. The monoisotopic (exact) mass is 412 g/mol. The van der Waals surface area contributed by atoms with Gasteiger partial charge in [-0.05, 0) is 44.0 Å². The maximum Gasteiger partial charge on any atom is 0.327 e. The van der Waals surface area contributed by atoms with Gasteiger partial charge in [0.25, 0.3) is 5.91 Å². The van der Waals surface area contributed by atoms with Crippen LogP contribution < -0.4 is 9.64 Å². The van der Waals surface area contributed by atoms with Crippen molar-refractivity contribution < 1.29 is 19.1 Å². The summed E-state index contributed by atoms with van der Waals surface area (Å²) in [6, 6.07) is 8.60. The molecular weight excluding hydrogens is 384 g/mol. The van der Waals surface area contributed by atoms with E-state index in [2.05, 4.69) is 0 Å². The molecule has 3 rings (SSSR count). The van der Waals surface area contributed by atoms with Crippen LogP contribution in [0.1, 0.15) is 45.4 Å². The van der Waals surface area contributed by atoms with Crippen LogP contribution >= 0.6 is 0 Å². The molecule has 0 N–H and O–H groups in total. The molecule has 1 saturated carbocycles. The summed E-state index contributed by atoms with van der Waals surface area (Å²) in [5.41, 5.74) is -0.217. The third-order valence-corrected chi connectivity index (χ3v) is 5.98. The maximum absolute atomic E-state index is 13.2. The molecule has 160 valence electrons. The molecule has 1 aliphatic heterocycles. The summed E-state index contributed by atoms with van der Waals surface area (Å²) < 4.78 is 5.43. The molecule has 0 aromatic heterocycles. The first-order valence-corrected chi connectivity index (χ1v) is 10.4. The van der Waals surface area contributed by atoms with E-state index in [1.54, 1.807) is 31.3 Å². The third-order valence-electron chi connectivity index (χ3n) is 5.98. The number of rotatable bonds is 7. The number of hydrogen-bond donors (Lipinski definition) is 0. The van der Waals surface area contributed by atoms with Crippen molar-refractivity contribution >= 4 is 23.5 Å². The van der Waals surface area contributed by atoms with E-state index >= 15 is 0 Å². The van der Waals surface area contributed by atoms with Crippen LogP contribution in [0.25, 0.3) is 0 Å². The van der Waals surface area contributed by atoms with E-state index in [4.69, 9.17) is 10.00 Å². The summed E-state index contributed by atoms with van der Waals surface area (Å²) in [4.78, 5) is 43.1. The molecule has 2 aliphatic rings. The molecule has 0 bridgehead atoms. The van der Waals surface area contributed by atoms with Crippen LogP contribution in [-0.4, -0.2) is 59.9 Å². The summed E-state index contributed by atoms with van der Waals surface area (Å²) in [6.45, 7) is 2.27. The van der Waals surface area contributed by atoms with Crippen LogP contribution in [-0.2, 0) is 9.59 Å². The van der Waals surface area contributed by atoms with Crippen molar-refractivity contribution in [3.05, 3.63) is 24.3 Å². The number of hydrogen-bond acceptors (Lipinski definition) is 5. The van der Waals surface area contributed by atoms with E-state index in [1.165, 1.54) is 9.80 Å². The summed E-state index contributed by atoms with van der Waals surface area (Å²) >= 11 is 0. The van der Waals surface area contributed by atoms with E-state index in [-0.39, 0.29) is 25.4 Å². The van der Waals surface area contributed by atoms with E-state index in [0.717, 1.165) is 24.2 Å². The minimum atomic E-state index is -0.813. The number of nitriles is 1. The highest BCUT2D eigenvalue weighted by Crippen LogP contribution is 2.39. The summed E-state index contributed by atoms with van der Waals surface area (Å²) in [7, 11) is 1.65. The number of imide groups is 1. The van der Waals surface area contributed by atoms with Gasteiger partial charge in [-0.15, -0.1) is 0 Å². The van der Waals surface area contributed by atoms with Gasteiger partial charge in [0.05, 0.1) is 19.1 Å². The predicted octanol–water partition coefficient (Wildman–Crippen LogP) is 2.93. The van der Waals surface area contributed by atoms with Gasteiger partial charge in [0.2, 0.25) is 5.91 Å². The fraction of sp³-hybridized carbons (Fsp3) is 0.545. The van der Waals surface area contributed by atoms with E-state index in [1.807, 2.05) is 13.0 Å². The van der Waals surface area contributed by atoms with Crippen LogP contribution in [0.3, 0.4) is 0 Å². The first kappa shape index (κ1) is 21.6. The molecule has 8 heteroatoms. The lowest BCUT2D eigenvalue weighted by Gasteiger charge is -2.35. The number of likely N-dealkylation sites (N-methyl/N-ethyl adjacent to an activating group) is 1. The molecule has 1 saturated heterocycles. The first-order valence-electron chi connectivity index (χ1n) is 10.4. The second kappa shape index (κ2) is 9.16. The van der Waals surface area contributed by atoms with Crippen LogP contribution in [0, 0.1) is 11.3 Å². The normalized spacial score (nSPS) is 17.9. The largest absolute Gasteiger partial charge is 0.494 e. The Bertz CT molecular complexity index is 840. The first-order chi connectivity index (χ1) is 14.4. The smallest absolute Gasteiger partial charge is 0.327 e. The van der Waals surface area contributed by atoms with Crippen LogP contribution in [0.2, 0.25) is 0 Å². The second-order valence-corrected chi connectivity index (χ2v) is 7.71. The Morgan fingerprint density at radius 1 is 1.20 bits per heavy atom. The number of carbonyl (C=O) groups is 3. The summed E-state index contributed by atoms with van der Waals surface area (Å²) in [6.07, 6.45) is 4.25. The standard InChI is InChI=1S/C22H28N4O4/c1-3-30-18-10-8-17(9-11-18)25(15-7-14-23)19(27)16-26-20(28)22(24(2)21(26)29)12-5-4-6-13-22/h8-11H,3-7,12-13,15-16H2,1-2H3. The van der Waals surface area contributed by atoms with Crippen molar-refractivity contribution in [2.24, 2.45) is 0 Å². The highest BCUT2D eigenvalue weighted by Gasteiger charge is 2.56. The van der Waals surface area contributed by atoms with E-state index in [9.17, 15) is 14.4 Å². The molecule has 0 unspecified atom stereocenters. The van der Waals surface area contributed by atoms with Gasteiger partial charge in [0, 0.05) is 19.3 Å². The lowest BCUT2D eigenvalue weighted by molar-refractivity contribution is -0.136. The molecule has 2 fully saturated rings. The Kier molecular flexibility index (Phi) is 6.60. The Balaban J connectivity index is 1.79. The third kappa shape index (κ3) is 3.97. The topological polar surface area (TPSA) is 93.9 Å². The number of urea groups is 1. The summed E-state index contributed by atoms with van der Waals surface area (Å²) in [5.74, 6) is 0.00652. The number of anilines is 1. The van der Waals surface area contributed by atoms with Crippen molar-refractivity contribution in [1.82, 2.24) is 9.80 Å². The number of amides is 4. The molecule has 1 aromatic rings. The highest BCUT2D eigenvalue weighted by molar-refractivity contribution is 6.10. The molecule has 0 atom stereocenters. The molecule has 1 aliphatic carbocycles. The molecule has 8 nitrogen and oxygen atoms in total. The average Bonchev–Trinajstić information content (AvgIpc) is 2.92. The highest BCUT2D eigenvalue weighted by atomic mass is 16.5. The molecular formula is C22H28N4O4. The van der Waals surface area contributed by atoms with Gasteiger partial charge in [-0.3, -0.25) is 14.5 Å². The van der Waals surface area contributed by atoms with Crippen molar-refractivity contribution in [3.8, 4) is 11.8 Å². The Labute approximate surface area is 177 Å². The van der Waals surface area contributed by atoms with Gasteiger partial charge < -0.3 is 14.5 Å². The van der Waals surface area contributed by atoms with Crippen molar-refractivity contribution in [2.75, 3.05) is 31.6 Å². The van der Waals surface area contributed by atoms with Gasteiger partial charge in [-0.2, -0.15) is 5.26 Å². The minimum absolute atomic E-state index is 0.144. The van der Waals surface area contributed by atoms with Crippen molar-refractivity contribution in [1.29, 1.82) is 5.26 Å². The van der Waals surface area contributed by atoms with Crippen molar-refractivity contribution in [2.45, 2.75) is 51.0 Å². The van der Waals surface area contributed by atoms with Crippen LogP contribution in [0.15, 0.2) is 24.3 Å². The Morgan fingerprint density at radius 2 is 1.87 bits per heavy atom. The lowest BCUT2D eigenvalue weighted by atomic mass is 9.81. The molecule has 0 radical (unpaired) electrons. The van der Waals surface area contributed by atoms with Gasteiger partial charge in [-0.1, -0.05) is 19.3 Å². The van der Waals surface area contributed by atoms with Gasteiger partial charge in [0.15, 0.2) is 0 Å². The number of benzene rings is 1. The molecule has 1 heterocycles. The maximum atomic E-state index is 13.2. The lowest BCUT2D eigenvalue weighted by Crippen LogP contribution is -2.49. The zero-order chi connectivity index (χ0) is 21.7. The number of ether oxygens (including phenoxy) is 1. The zero-order valence-corrected chi connectivity index (χ0v) is 17.6. The fourth-order valence-electron chi connectivity index (χ4n) is 4.34. The van der Waals surface area contributed by atoms with Crippen molar-refractivity contribution in [3.63, 3.8) is 0 Å². The average molecular weight is 412 g/mol. The molecule has 1 aromatic carbocycles. The Morgan fingerprint density at radius 3 is 2.47 bits per heavy atom. The molecule has 30 heavy (non-hydrogen) atoms.